The highest BCUT2D eigenvalue weighted by Crippen LogP contribution is 2.30. The normalized spacial score (nSPS) is 15.0. The molecule has 4 rings (SSSR count). The molecule has 1 aliphatic heterocycles. The van der Waals surface area contributed by atoms with Crippen molar-refractivity contribution in [2.75, 3.05) is 4.90 Å². The van der Waals surface area contributed by atoms with Crippen molar-refractivity contribution in [3.8, 4) is 5.75 Å². The Morgan fingerprint density at radius 1 is 1.00 bits per heavy atom. The van der Waals surface area contributed by atoms with Crippen LogP contribution in [0.4, 0.5) is 10.5 Å². The summed E-state index contributed by atoms with van der Waals surface area (Å²) in [5, 5.41) is 2.28. The molecule has 1 fully saturated rings. The molecule has 34 heavy (non-hydrogen) atoms. The monoisotopic (exact) mass is 518 g/mol. The van der Waals surface area contributed by atoms with Crippen LogP contribution in [0.3, 0.4) is 0 Å². The fourth-order valence-electron chi connectivity index (χ4n) is 3.79. The van der Waals surface area contributed by atoms with Crippen LogP contribution in [-0.4, -0.2) is 17.8 Å². The predicted molar refractivity (Wildman–Crippen MR) is 134 cm³/mol. The molecular formula is C27H23BrN2O4. The van der Waals surface area contributed by atoms with Crippen molar-refractivity contribution in [3.05, 3.63) is 99.0 Å². The van der Waals surface area contributed by atoms with Crippen molar-refractivity contribution >= 4 is 45.5 Å². The first kappa shape index (κ1) is 23.4. The number of anilines is 1. The van der Waals surface area contributed by atoms with Gasteiger partial charge in [-0.3, -0.25) is 14.9 Å². The second kappa shape index (κ2) is 10.1. The zero-order chi connectivity index (χ0) is 24.2. The molecule has 1 saturated heterocycles. The number of hydrogen-bond acceptors (Lipinski definition) is 4. The van der Waals surface area contributed by atoms with Crippen molar-refractivity contribution < 1.29 is 19.1 Å². The van der Waals surface area contributed by atoms with Gasteiger partial charge >= 0.3 is 6.03 Å². The van der Waals surface area contributed by atoms with Crippen LogP contribution in [0.15, 0.2) is 76.8 Å². The summed E-state index contributed by atoms with van der Waals surface area (Å²) in [4.78, 5) is 39.6. The second-order valence-electron chi connectivity index (χ2n) is 7.90. The van der Waals surface area contributed by atoms with Crippen molar-refractivity contribution in [2.45, 2.75) is 26.9 Å². The van der Waals surface area contributed by atoms with E-state index < -0.39 is 17.8 Å². The van der Waals surface area contributed by atoms with Gasteiger partial charge in [0.2, 0.25) is 0 Å². The third-order valence-electron chi connectivity index (χ3n) is 5.46. The van der Waals surface area contributed by atoms with Gasteiger partial charge in [-0.2, -0.15) is 0 Å². The molecule has 1 N–H and O–H groups in total. The summed E-state index contributed by atoms with van der Waals surface area (Å²) in [6.07, 6.45) is 2.09. The lowest BCUT2D eigenvalue weighted by Crippen LogP contribution is -2.54. The van der Waals surface area contributed by atoms with E-state index in [0.29, 0.717) is 30.0 Å². The minimum atomic E-state index is -0.766. The second-order valence-corrected chi connectivity index (χ2v) is 8.82. The van der Waals surface area contributed by atoms with Gasteiger partial charge in [-0.15, -0.1) is 0 Å². The molecule has 172 valence electrons. The smallest absolute Gasteiger partial charge is 0.335 e. The third kappa shape index (κ3) is 4.94. The summed E-state index contributed by atoms with van der Waals surface area (Å²) >= 11 is 3.44. The van der Waals surface area contributed by atoms with E-state index in [-0.39, 0.29) is 5.57 Å². The molecule has 0 unspecified atom stereocenters. The molecule has 1 aliphatic rings. The van der Waals surface area contributed by atoms with Crippen LogP contribution < -0.4 is 15.0 Å². The fourth-order valence-corrected chi connectivity index (χ4v) is 4.17. The van der Waals surface area contributed by atoms with Crippen LogP contribution in [0.1, 0.15) is 29.2 Å². The summed E-state index contributed by atoms with van der Waals surface area (Å²) in [6.45, 7) is 4.27. The maximum atomic E-state index is 13.4. The standard InChI is InChI=1S/C27H23BrN2O4/c1-3-19-9-4-5-10-23(19)30-26(32)22(25(31)29-27(30)33)15-20-14-21(28)11-12-24(20)34-16-18-8-6-7-17(2)13-18/h4-15H,3,16H2,1-2H3,(H,29,31,33)/b22-15-. The molecular weight excluding hydrogens is 496 g/mol. The average Bonchev–Trinajstić information content (AvgIpc) is 2.81. The average molecular weight is 519 g/mol. The van der Waals surface area contributed by atoms with Gasteiger partial charge in [-0.25, -0.2) is 9.69 Å². The van der Waals surface area contributed by atoms with Gasteiger partial charge in [0.15, 0.2) is 0 Å². The molecule has 0 aliphatic carbocycles. The third-order valence-corrected chi connectivity index (χ3v) is 5.96. The molecule has 6 nitrogen and oxygen atoms in total. The Kier molecular flexibility index (Phi) is 6.93. The molecule has 4 amide bonds. The van der Waals surface area contributed by atoms with Crippen molar-refractivity contribution in [1.29, 1.82) is 0 Å². The topological polar surface area (TPSA) is 75.7 Å². The van der Waals surface area contributed by atoms with Gasteiger partial charge in [0.1, 0.15) is 17.9 Å². The quantitative estimate of drug-likeness (QED) is 0.342. The number of carbonyl (C=O) groups excluding carboxylic acids is 3. The first-order valence-corrected chi connectivity index (χ1v) is 11.6. The molecule has 3 aromatic carbocycles. The van der Waals surface area contributed by atoms with Crippen LogP contribution in [0.2, 0.25) is 0 Å². The van der Waals surface area contributed by atoms with Crippen molar-refractivity contribution in [2.24, 2.45) is 0 Å². The molecule has 0 bridgehead atoms. The van der Waals surface area contributed by atoms with E-state index in [9.17, 15) is 14.4 Å². The van der Waals surface area contributed by atoms with E-state index in [4.69, 9.17) is 4.74 Å². The Morgan fingerprint density at radius 2 is 1.79 bits per heavy atom. The first-order chi connectivity index (χ1) is 16.4. The SMILES string of the molecule is CCc1ccccc1N1C(=O)NC(=O)/C(=C/c2cc(Br)ccc2OCc2cccc(C)c2)C1=O. The van der Waals surface area contributed by atoms with Gasteiger partial charge in [0.25, 0.3) is 11.8 Å². The molecule has 0 spiro atoms. The number of rotatable bonds is 6. The maximum absolute atomic E-state index is 13.4. The summed E-state index contributed by atoms with van der Waals surface area (Å²) in [6, 6.07) is 19.7. The number of ether oxygens (including phenoxy) is 1. The Balaban J connectivity index is 1.69. The summed E-state index contributed by atoms with van der Waals surface area (Å²) in [5.74, 6) is -0.917. The van der Waals surface area contributed by atoms with Crippen LogP contribution >= 0.6 is 15.9 Å². The number of nitrogens with zero attached hydrogens (tertiary/aromatic N) is 1. The summed E-state index contributed by atoms with van der Waals surface area (Å²) in [5.41, 5.74) is 3.80. The number of nitrogens with one attached hydrogen (secondary N) is 1. The number of hydrogen-bond donors (Lipinski definition) is 1. The summed E-state index contributed by atoms with van der Waals surface area (Å²) < 4.78 is 6.78. The lowest BCUT2D eigenvalue weighted by atomic mass is 10.0. The highest BCUT2D eigenvalue weighted by Gasteiger charge is 2.37. The Bertz CT molecular complexity index is 1320. The van der Waals surface area contributed by atoms with Crippen LogP contribution in [0.25, 0.3) is 6.08 Å². The minimum absolute atomic E-state index is 0.149. The van der Waals surface area contributed by atoms with Gasteiger partial charge in [0.05, 0.1) is 5.69 Å². The molecule has 0 saturated carbocycles. The van der Waals surface area contributed by atoms with Gasteiger partial charge < -0.3 is 4.74 Å². The number of urea groups is 1. The number of aryl methyl sites for hydroxylation is 2. The molecule has 7 heteroatoms. The Hall–Kier alpha value is -3.71. The van der Waals surface area contributed by atoms with E-state index in [0.717, 1.165) is 26.1 Å². The zero-order valence-electron chi connectivity index (χ0n) is 18.8. The van der Waals surface area contributed by atoms with Gasteiger partial charge in [0, 0.05) is 10.0 Å². The number of carbonyl (C=O) groups is 3. The van der Waals surface area contributed by atoms with E-state index in [1.165, 1.54) is 6.08 Å². The molecule has 3 aromatic rings. The Labute approximate surface area is 206 Å². The van der Waals surface area contributed by atoms with E-state index in [2.05, 4.69) is 21.2 Å². The molecule has 0 atom stereocenters. The van der Waals surface area contributed by atoms with Gasteiger partial charge in [-0.05, 0) is 54.8 Å². The van der Waals surface area contributed by atoms with Crippen LogP contribution in [-0.2, 0) is 22.6 Å². The lowest BCUT2D eigenvalue weighted by Gasteiger charge is -2.28. The lowest BCUT2D eigenvalue weighted by molar-refractivity contribution is -0.122. The van der Waals surface area contributed by atoms with Crippen LogP contribution in [0, 0.1) is 6.92 Å². The van der Waals surface area contributed by atoms with Crippen LogP contribution in [0.5, 0.6) is 5.75 Å². The van der Waals surface area contributed by atoms with Crippen molar-refractivity contribution in [1.82, 2.24) is 5.32 Å². The number of para-hydroxylation sites is 1. The summed E-state index contributed by atoms with van der Waals surface area (Å²) in [7, 11) is 0. The highest BCUT2D eigenvalue weighted by atomic mass is 79.9. The maximum Gasteiger partial charge on any atom is 0.335 e. The number of amides is 4. The van der Waals surface area contributed by atoms with Crippen molar-refractivity contribution in [3.63, 3.8) is 0 Å². The highest BCUT2D eigenvalue weighted by molar-refractivity contribution is 9.10. The number of halogens is 1. The molecule has 1 heterocycles. The predicted octanol–water partition coefficient (Wildman–Crippen LogP) is 5.57. The largest absolute Gasteiger partial charge is 0.488 e. The number of imide groups is 2. The number of barbiturate groups is 1. The zero-order valence-corrected chi connectivity index (χ0v) is 20.4. The van der Waals surface area contributed by atoms with Gasteiger partial charge in [-0.1, -0.05) is 70.9 Å². The van der Waals surface area contributed by atoms with E-state index in [1.807, 2.05) is 56.3 Å². The Morgan fingerprint density at radius 3 is 2.56 bits per heavy atom. The molecule has 0 aromatic heterocycles. The minimum Gasteiger partial charge on any atom is -0.488 e. The van der Waals surface area contributed by atoms with E-state index in [1.54, 1.807) is 24.3 Å². The number of benzene rings is 3. The van der Waals surface area contributed by atoms with E-state index >= 15 is 0 Å². The molecule has 0 radical (unpaired) electrons. The first-order valence-electron chi connectivity index (χ1n) is 10.8. The fraction of sp³-hybridized carbons (Fsp3) is 0.148.